The lowest BCUT2D eigenvalue weighted by Crippen LogP contribution is -2.59. The van der Waals surface area contributed by atoms with Gasteiger partial charge in [-0.3, -0.25) is 0 Å². The lowest BCUT2D eigenvalue weighted by molar-refractivity contribution is 0.0922. The molecule has 0 aromatic heterocycles. The van der Waals surface area contributed by atoms with Crippen LogP contribution in [0.3, 0.4) is 0 Å². The Kier molecular flexibility index (Phi) is 3.47. The normalized spacial score (nSPS) is 17.4. The molecule has 1 heterocycles. The Balaban J connectivity index is 1.97. The van der Waals surface area contributed by atoms with Crippen molar-refractivity contribution in [1.82, 2.24) is 10.2 Å². The minimum absolute atomic E-state index is 0.00808. The van der Waals surface area contributed by atoms with Gasteiger partial charge in [-0.05, 0) is 19.1 Å². The molecule has 0 bridgehead atoms. The van der Waals surface area contributed by atoms with E-state index >= 15 is 0 Å². The van der Waals surface area contributed by atoms with Crippen LogP contribution in [0.25, 0.3) is 0 Å². The lowest BCUT2D eigenvalue weighted by atomic mass is 10.0. The van der Waals surface area contributed by atoms with Crippen LogP contribution in [0.5, 0.6) is 0 Å². The zero-order chi connectivity index (χ0) is 13.3. The highest BCUT2D eigenvalue weighted by Crippen LogP contribution is 2.22. The van der Waals surface area contributed by atoms with E-state index in [1.54, 1.807) is 6.92 Å². The Morgan fingerprint density at radius 1 is 1.44 bits per heavy atom. The van der Waals surface area contributed by atoms with Crippen molar-refractivity contribution in [3.8, 4) is 0 Å². The number of nitrogens with one attached hydrogen (secondary N) is 1. The summed E-state index contributed by atoms with van der Waals surface area (Å²) < 4.78 is 27.0. The van der Waals surface area contributed by atoms with Crippen molar-refractivity contribution in [3.05, 3.63) is 35.4 Å². The van der Waals surface area contributed by atoms with Gasteiger partial charge in [0.25, 0.3) is 0 Å². The van der Waals surface area contributed by atoms with E-state index in [4.69, 9.17) is 5.11 Å². The molecule has 1 fully saturated rings. The Bertz CT molecular complexity index is 441. The van der Waals surface area contributed by atoms with E-state index in [1.165, 1.54) is 23.1 Å². The zero-order valence-corrected chi connectivity index (χ0v) is 9.86. The van der Waals surface area contributed by atoms with E-state index in [0.717, 1.165) is 0 Å². The number of carboxylic acid groups (broad SMARTS) is 1. The summed E-state index contributed by atoms with van der Waals surface area (Å²) >= 11 is 0. The summed E-state index contributed by atoms with van der Waals surface area (Å²) in [6.45, 7) is 2.34. The van der Waals surface area contributed by atoms with Gasteiger partial charge >= 0.3 is 6.09 Å². The second-order valence-corrected chi connectivity index (χ2v) is 4.41. The Labute approximate surface area is 103 Å². The third-order valence-corrected chi connectivity index (χ3v) is 3.07. The summed E-state index contributed by atoms with van der Waals surface area (Å²) in [5.41, 5.74) is -0.00808. The molecule has 1 aromatic rings. The molecule has 0 radical (unpaired) electrons. The second kappa shape index (κ2) is 4.89. The first-order chi connectivity index (χ1) is 8.49. The average molecular weight is 256 g/mol. The van der Waals surface area contributed by atoms with Crippen LogP contribution in [0.15, 0.2) is 18.2 Å². The molecule has 1 aromatic carbocycles. The summed E-state index contributed by atoms with van der Waals surface area (Å²) in [4.78, 5) is 11.8. The van der Waals surface area contributed by atoms with Gasteiger partial charge in [-0.15, -0.1) is 0 Å². The highest BCUT2D eigenvalue weighted by molar-refractivity contribution is 5.66. The van der Waals surface area contributed by atoms with Crippen LogP contribution >= 0.6 is 0 Å². The number of hydrogen-bond donors (Lipinski definition) is 2. The first-order valence-electron chi connectivity index (χ1n) is 5.67. The van der Waals surface area contributed by atoms with Crippen molar-refractivity contribution in [2.45, 2.75) is 19.0 Å². The van der Waals surface area contributed by atoms with Crippen LogP contribution in [0.2, 0.25) is 0 Å². The van der Waals surface area contributed by atoms with Crippen LogP contribution in [-0.2, 0) is 0 Å². The van der Waals surface area contributed by atoms with E-state index in [-0.39, 0.29) is 11.6 Å². The predicted octanol–water partition coefficient (Wildman–Crippen LogP) is 1.98. The monoisotopic (exact) mass is 256 g/mol. The molecule has 2 N–H and O–H groups in total. The molecule has 1 unspecified atom stereocenters. The SMILES string of the molecule is CC(NC1CN(C(=O)O)C1)c1c(F)cccc1F. The van der Waals surface area contributed by atoms with Gasteiger partial charge in [-0.2, -0.15) is 0 Å². The predicted molar refractivity (Wildman–Crippen MR) is 61.3 cm³/mol. The number of nitrogens with zero attached hydrogens (tertiary/aromatic N) is 1. The van der Waals surface area contributed by atoms with Crippen molar-refractivity contribution in [2.75, 3.05) is 13.1 Å². The molecule has 1 aliphatic heterocycles. The second-order valence-electron chi connectivity index (χ2n) is 4.41. The maximum absolute atomic E-state index is 13.5. The van der Waals surface area contributed by atoms with E-state index < -0.39 is 23.8 Å². The molecule has 0 aliphatic carbocycles. The standard InChI is InChI=1S/C12H14F2N2O2/c1-7(11-9(13)3-2-4-10(11)14)15-8-5-16(6-8)12(17)18/h2-4,7-8,15H,5-6H2,1H3,(H,17,18). The van der Waals surface area contributed by atoms with E-state index in [2.05, 4.69) is 5.32 Å². The zero-order valence-electron chi connectivity index (χ0n) is 9.86. The van der Waals surface area contributed by atoms with Crippen molar-refractivity contribution >= 4 is 6.09 Å². The molecule has 98 valence electrons. The summed E-state index contributed by atoms with van der Waals surface area (Å²) in [5.74, 6) is -1.19. The fraction of sp³-hybridized carbons (Fsp3) is 0.417. The van der Waals surface area contributed by atoms with Gasteiger partial charge in [0.2, 0.25) is 0 Å². The summed E-state index contributed by atoms with van der Waals surface area (Å²) in [6, 6.07) is 3.18. The van der Waals surface area contributed by atoms with Gasteiger partial charge in [-0.25, -0.2) is 13.6 Å². The number of rotatable bonds is 3. The maximum atomic E-state index is 13.5. The summed E-state index contributed by atoms with van der Waals surface area (Å²) in [7, 11) is 0. The van der Waals surface area contributed by atoms with E-state index in [1.807, 2.05) is 0 Å². The van der Waals surface area contributed by atoms with Gasteiger partial charge in [0.05, 0.1) is 0 Å². The number of halogens is 2. The smallest absolute Gasteiger partial charge is 0.407 e. The lowest BCUT2D eigenvalue weighted by Gasteiger charge is -2.39. The minimum Gasteiger partial charge on any atom is -0.465 e. The van der Waals surface area contributed by atoms with E-state index in [9.17, 15) is 13.6 Å². The number of benzene rings is 1. The third-order valence-electron chi connectivity index (χ3n) is 3.07. The molecule has 6 heteroatoms. The van der Waals surface area contributed by atoms with Gasteiger partial charge in [0.15, 0.2) is 0 Å². The van der Waals surface area contributed by atoms with Crippen LogP contribution in [0, 0.1) is 11.6 Å². The quantitative estimate of drug-likeness (QED) is 0.869. The fourth-order valence-corrected chi connectivity index (χ4v) is 2.10. The molecule has 0 spiro atoms. The number of carbonyl (C=O) groups is 1. The number of likely N-dealkylation sites (tertiary alicyclic amines) is 1. The van der Waals surface area contributed by atoms with Crippen molar-refractivity contribution in [3.63, 3.8) is 0 Å². The highest BCUT2D eigenvalue weighted by atomic mass is 19.1. The Hall–Kier alpha value is -1.69. The highest BCUT2D eigenvalue weighted by Gasteiger charge is 2.32. The van der Waals surface area contributed by atoms with Gasteiger partial charge < -0.3 is 15.3 Å². The van der Waals surface area contributed by atoms with Crippen LogP contribution in [0.1, 0.15) is 18.5 Å². The summed E-state index contributed by atoms with van der Waals surface area (Å²) in [5, 5.41) is 11.7. The molecule has 1 aliphatic rings. The minimum atomic E-state index is -0.974. The molecule has 1 atom stereocenters. The fourth-order valence-electron chi connectivity index (χ4n) is 2.10. The molecular weight excluding hydrogens is 242 g/mol. The molecular formula is C12H14F2N2O2. The molecule has 4 nitrogen and oxygen atoms in total. The molecule has 1 amide bonds. The Morgan fingerprint density at radius 2 is 2.00 bits per heavy atom. The van der Waals surface area contributed by atoms with Crippen LogP contribution in [-0.4, -0.2) is 35.2 Å². The van der Waals surface area contributed by atoms with Gasteiger partial charge in [-0.1, -0.05) is 6.07 Å². The number of amides is 1. The molecule has 2 rings (SSSR count). The maximum Gasteiger partial charge on any atom is 0.407 e. The van der Waals surface area contributed by atoms with Crippen molar-refractivity contribution in [2.24, 2.45) is 0 Å². The van der Waals surface area contributed by atoms with Gasteiger partial charge in [0.1, 0.15) is 11.6 Å². The molecule has 18 heavy (non-hydrogen) atoms. The summed E-state index contributed by atoms with van der Waals surface area (Å²) in [6.07, 6.45) is -0.974. The third kappa shape index (κ3) is 2.43. The van der Waals surface area contributed by atoms with Gasteiger partial charge in [0, 0.05) is 30.7 Å². The molecule has 0 saturated carbocycles. The van der Waals surface area contributed by atoms with Crippen LogP contribution < -0.4 is 5.32 Å². The first kappa shape index (κ1) is 12.8. The average Bonchev–Trinajstić information content (AvgIpc) is 2.21. The first-order valence-corrected chi connectivity index (χ1v) is 5.67. The largest absolute Gasteiger partial charge is 0.465 e. The molecule has 1 saturated heterocycles. The van der Waals surface area contributed by atoms with Crippen LogP contribution in [0.4, 0.5) is 13.6 Å². The van der Waals surface area contributed by atoms with Crippen molar-refractivity contribution < 1.29 is 18.7 Å². The topological polar surface area (TPSA) is 52.6 Å². The Morgan fingerprint density at radius 3 is 2.50 bits per heavy atom. The van der Waals surface area contributed by atoms with Crippen molar-refractivity contribution in [1.29, 1.82) is 0 Å². The number of hydrogen-bond acceptors (Lipinski definition) is 2. The van der Waals surface area contributed by atoms with E-state index in [0.29, 0.717) is 13.1 Å².